The highest BCUT2D eigenvalue weighted by atomic mass is 16.7. The number of aromatic nitrogens is 1. The fourth-order valence-electron chi connectivity index (χ4n) is 2.02. The van der Waals surface area contributed by atoms with E-state index in [1.165, 1.54) is 0 Å². The Balaban J connectivity index is 2.24. The molecule has 4 nitrogen and oxygen atoms in total. The maximum absolute atomic E-state index is 5.94. The van der Waals surface area contributed by atoms with Gasteiger partial charge in [-0.05, 0) is 45.3 Å². The molecule has 0 aromatic carbocycles. The Hall–Kier alpha value is -0.905. The van der Waals surface area contributed by atoms with Crippen molar-refractivity contribution in [1.29, 1.82) is 0 Å². The van der Waals surface area contributed by atoms with Crippen LogP contribution in [0.2, 0.25) is 0 Å². The highest BCUT2D eigenvalue weighted by Gasteiger charge is 2.43. The van der Waals surface area contributed by atoms with Gasteiger partial charge in [-0.1, -0.05) is 0 Å². The lowest BCUT2D eigenvalue weighted by Gasteiger charge is -2.21. The Morgan fingerprint density at radius 3 is 2.72 bits per heavy atom. The zero-order chi connectivity index (χ0) is 13.3. The monoisotopic (exact) mass is 249 g/mol. The summed E-state index contributed by atoms with van der Waals surface area (Å²) in [6.07, 6.45) is 0.0712. The molecule has 0 bridgehead atoms. The molecule has 1 aromatic heterocycles. The number of aryl methyl sites for hydroxylation is 1. The first kappa shape index (κ1) is 13.5. The second kappa shape index (κ2) is 5.00. The van der Waals surface area contributed by atoms with E-state index >= 15 is 0 Å². The quantitative estimate of drug-likeness (QED) is 0.760. The summed E-state index contributed by atoms with van der Waals surface area (Å²) in [6, 6.07) is 3.98. The number of hydrogen-bond acceptors (Lipinski definition) is 4. The molecule has 0 N–H and O–H groups in total. The Bertz CT molecular complexity index is 436. The number of nitrogens with zero attached hydrogens (tertiary/aromatic N) is 1. The summed E-state index contributed by atoms with van der Waals surface area (Å²) in [6.45, 7) is 8.58. The van der Waals surface area contributed by atoms with E-state index in [-0.39, 0.29) is 18.8 Å². The minimum atomic E-state index is -0.313. The standard InChI is InChI=1S/C13H20BNO3/c1-9-6-11(7-12(15-9)8-16-5)14-17-10(2)13(3,4)18-14/h6-7,10H,8H2,1-5H3. The number of rotatable bonds is 3. The molecule has 1 aliphatic heterocycles. The van der Waals surface area contributed by atoms with E-state index in [4.69, 9.17) is 14.0 Å². The van der Waals surface area contributed by atoms with Gasteiger partial charge in [-0.25, -0.2) is 0 Å². The molecule has 1 fully saturated rings. The molecular formula is C13H20BNO3. The molecule has 1 unspecified atom stereocenters. The van der Waals surface area contributed by atoms with Gasteiger partial charge < -0.3 is 14.0 Å². The van der Waals surface area contributed by atoms with Crippen molar-refractivity contribution in [2.75, 3.05) is 7.11 Å². The van der Waals surface area contributed by atoms with Gasteiger partial charge in [0.25, 0.3) is 0 Å². The van der Waals surface area contributed by atoms with E-state index < -0.39 is 0 Å². The maximum atomic E-state index is 5.94. The third kappa shape index (κ3) is 2.74. The smallest absolute Gasteiger partial charge is 0.402 e. The molecule has 98 valence electrons. The van der Waals surface area contributed by atoms with Crippen LogP contribution in [0.1, 0.15) is 32.2 Å². The Morgan fingerprint density at radius 2 is 2.17 bits per heavy atom. The average molecular weight is 249 g/mol. The fourth-order valence-corrected chi connectivity index (χ4v) is 2.02. The van der Waals surface area contributed by atoms with Crippen molar-refractivity contribution in [2.24, 2.45) is 0 Å². The van der Waals surface area contributed by atoms with Crippen molar-refractivity contribution in [2.45, 2.75) is 46.0 Å². The Morgan fingerprint density at radius 1 is 1.44 bits per heavy atom. The third-order valence-electron chi connectivity index (χ3n) is 3.31. The van der Waals surface area contributed by atoms with Crippen LogP contribution in [0.25, 0.3) is 0 Å². The van der Waals surface area contributed by atoms with E-state index in [2.05, 4.69) is 4.98 Å². The van der Waals surface area contributed by atoms with Gasteiger partial charge in [-0.3, -0.25) is 4.98 Å². The summed E-state index contributed by atoms with van der Waals surface area (Å²) in [7, 11) is 1.35. The summed E-state index contributed by atoms with van der Waals surface area (Å²) >= 11 is 0. The summed E-state index contributed by atoms with van der Waals surface area (Å²) < 4.78 is 16.9. The highest BCUT2D eigenvalue weighted by Crippen LogP contribution is 2.26. The first-order chi connectivity index (χ1) is 8.42. The van der Waals surface area contributed by atoms with Gasteiger partial charge in [0.2, 0.25) is 0 Å². The molecule has 2 heterocycles. The van der Waals surface area contributed by atoms with Gasteiger partial charge >= 0.3 is 7.12 Å². The molecule has 1 saturated heterocycles. The zero-order valence-electron chi connectivity index (χ0n) is 11.7. The van der Waals surface area contributed by atoms with Crippen molar-refractivity contribution in [3.05, 3.63) is 23.5 Å². The van der Waals surface area contributed by atoms with Crippen LogP contribution in [0, 0.1) is 6.92 Å². The molecule has 1 aliphatic rings. The molecule has 0 radical (unpaired) electrons. The lowest BCUT2D eigenvalue weighted by Crippen LogP contribution is -2.35. The molecule has 0 amide bonds. The molecular weight excluding hydrogens is 229 g/mol. The average Bonchev–Trinajstić information content (AvgIpc) is 2.53. The van der Waals surface area contributed by atoms with Crippen LogP contribution < -0.4 is 5.46 Å². The van der Waals surface area contributed by atoms with E-state index in [9.17, 15) is 0 Å². The molecule has 0 aliphatic carbocycles. The van der Waals surface area contributed by atoms with Gasteiger partial charge in [0.1, 0.15) is 0 Å². The molecule has 1 atom stereocenters. The summed E-state index contributed by atoms with van der Waals surface area (Å²) in [5.41, 5.74) is 2.59. The predicted molar refractivity (Wildman–Crippen MR) is 70.8 cm³/mol. The first-order valence-corrected chi connectivity index (χ1v) is 6.22. The molecule has 0 saturated carbocycles. The van der Waals surface area contributed by atoms with Crippen LogP contribution in [0.5, 0.6) is 0 Å². The van der Waals surface area contributed by atoms with Gasteiger partial charge in [-0.15, -0.1) is 0 Å². The lowest BCUT2D eigenvalue weighted by atomic mass is 9.79. The van der Waals surface area contributed by atoms with Gasteiger partial charge in [0.05, 0.1) is 24.0 Å². The maximum Gasteiger partial charge on any atom is 0.494 e. The summed E-state index contributed by atoms with van der Waals surface area (Å²) in [5, 5.41) is 0. The van der Waals surface area contributed by atoms with Crippen molar-refractivity contribution >= 4 is 12.6 Å². The zero-order valence-corrected chi connectivity index (χ0v) is 11.7. The predicted octanol–water partition coefficient (Wildman–Crippen LogP) is 1.45. The SMILES string of the molecule is COCc1cc(B2OC(C)C(C)(C)O2)cc(C)n1. The minimum absolute atomic E-state index is 0.0712. The number of ether oxygens (including phenoxy) is 1. The number of methoxy groups -OCH3 is 1. The van der Waals surface area contributed by atoms with Crippen LogP contribution in [-0.2, 0) is 20.7 Å². The van der Waals surface area contributed by atoms with Crippen LogP contribution in [0.3, 0.4) is 0 Å². The number of pyridine rings is 1. The lowest BCUT2D eigenvalue weighted by molar-refractivity contribution is 0.0842. The number of hydrogen-bond donors (Lipinski definition) is 0. The molecule has 18 heavy (non-hydrogen) atoms. The molecule has 1 aromatic rings. The second-order valence-corrected chi connectivity index (χ2v) is 5.30. The van der Waals surface area contributed by atoms with E-state index in [0.717, 1.165) is 16.9 Å². The Kier molecular flexibility index (Phi) is 3.75. The van der Waals surface area contributed by atoms with Crippen LogP contribution in [-0.4, -0.2) is 30.9 Å². The third-order valence-corrected chi connectivity index (χ3v) is 3.31. The second-order valence-electron chi connectivity index (χ2n) is 5.30. The molecule has 0 spiro atoms. The van der Waals surface area contributed by atoms with Gasteiger partial charge in [0, 0.05) is 12.8 Å². The summed E-state index contributed by atoms with van der Waals surface area (Å²) in [5.74, 6) is 0. The largest absolute Gasteiger partial charge is 0.494 e. The summed E-state index contributed by atoms with van der Waals surface area (Å²) in [4.78, 5) is 4.41. The van der Waals surface area contributed by atoms with Gasteiger partial charge in [0.15, 0.2) is 0 Å². The van der Waals surface area contributed by atoms with Crippen molar-refractivity contribution in [3.8, 4) is 0 Å². The van der Waals surface area contributed by atoms with E-state index in [1.54, 1.807) is 7.11 Å². The van der Waals surface area contributed by atoms with Crippen molar-refractivity contribution < 1.29 is 14.0 Å². The van der Waals surface area contributed by atoms with Crippen molar-refractivity contribution in [3.63, 3.8) is 0 Å². The van der Waals surface area contributed by atoms with Crippen LogP contribution in [0.4, 0.5) is 0 Å². The molecule has 2 rings (SSSR count). The highest BCUT2D eigenvalue weighted by molar-refractivity contribution is 6.62. The van der Waals surface area contributed by atoms with E-state index in [1.807, 2.05) is 39.8 Å². The first-order valence-electron chi connectivity index (χ1n) is 6.22. The van der Waals surface area contributed by atoms with E-state index in [0.29, 0.717) is 6.61 Å². The van der Waals surface area contributed by atoms with Crippen LogP contribution in [0.15, 0.2) is 12.1 Å². The van der Waals surface area contributed by atoms with Gasteiger partial charge in [-0.2, -0.15) is 0 Å². The van der Waals surface area contributed by atoms with Crippen molar-refractivity contribution in [1.82, 2.24) is 4.98 Å². The minimum Gasteiger partial charge on any atom is -0.402 e. The topological polar surface area (TPSA) is 40.6 Å². The fraction of sp³-hybridized carbons (Fsp3) is 0.615. The molecule has 5 heteroatoms. The van der Waals surface area contributed by atoms with Crippen LogP contribution >= 0.6 is 0 Å². The Labute approximate surface area is 109 Å². The normalized spacial score (nSPS) is 22.5.